The fourth-order valence-electron chi connectivity index (χ4n) is 2.14. The minimum atomic E-state index is 0.0323. The van der Waals surface area contributed by atoms with Gasteiger partial charge in [0, 0.05) is 52.0 Å². The number of nitrogens with zero attached hydrogens (tertiary/aromatic N) is 4. The molecule has 6 heteroatoms. The first-order valence-corrected chi connectivity index (χ1v) is 6.49. The van der Waals surface area contributed by atoms with Crippen LogP contribution in [0.5, 0.6) is 0 Å². The SMILES string of the molecule is Cn1nccc1/C=C/C(=O)N1CCN(CCO)CC1. The normalized spacial score (nSPS) is 17.3. The van der Waals surface area contributed by atoms with Crippen LogP contribution in [0.2, 0.25) is 0 Å². The summed E-state index contributed by atoms with van der Waals surface area (Å²) in [5.74, 6) is 0.0323. The Hall–Kier alpha value is -1.66. The highest BCUT2D eigenvalue weighted by Crippen LogP contribution is 2.04. The predicted octanol–water partition coefficient (Wildman–Crippen LogP) is -0.430. The Bertz CT molecular complexity index is 447. The quantitative estimate of drug-likeness (QED) is 0.750. The van der Waals surface area contributed by atoms with Gasteiger partial charge >= 0.3 is 0 Å². The number of rotatable bonds is 4. The zero-order valence-corrected chi connectivity index (χ0v) is 11.2. The Morgan fingerprint density at radius 1 is 1.42 bits per heavy atom. The average Bonchev–Trinajstić information content (AvgIpc) is 2.83. The maximum Gasteiger partial charge on any atom is 0.246 e. The predicted molar refractivity (Wildman–Crippen MR) is 72.3 cm³/mol. The minimum absolute atomic E-state index is 0.0323. The van der Waals surface area contributed by atoms with Gasteiger partial charge in [-0.2, -0.15) is 5.10 Å². The number of aliphatic hydroxyl groups excluding tert-OH is 1. The Morgan fingerprint density at radius 3 is 2.74 bits per heavy atom. The van der Waals surface area contributed by atoms with Gasteiger partial charge in [0.15, 0.2) is 0 Å². The summed E-state index contributed by atoms with van der Waals surface area (Å²) in [6.45, 7) is 3.95. The van der Waals surface area contributed by atoms with Crippen LogP contribution >= 0.6 is 0 Å². The number of aryl methyl sites for hydroxylation is 1. The van der Waals surface area contributed by atoms with Gasteiger partial charge in [-0.25, -0.2) is 0 Å². The van der Waals surface area contributed by atoms with Crippen molar-refractivity contribution in [1.29, 1.82) is 0 Å². The number of carbonyl (C=O) groups is 1. The van der Waals surface area contributed by atoms with E-state index in [1.54, 1.807) is 23.0 Å². The molecule has 19 heavy (non-hydrogen) atoms. The van der Waals surface area contributed by atoms with E-state index in [1.807, 2.05) is 18.0 Å². The Balaban J connectivity index is 1.85. The molecule has 1 N–H and O–H groups in total. The molecule has 0 radical (unpaired) electrons. The van der Waals surface area contributed by atoms with E-state index in [9.17, 15) is 4.79 Å². The van der Waals surface area contributed by atoms with E-state index >= 15 is 0 Å². The molecule has 1 fully saturated rings. The average molecular weight is 264 g/mol. The zero-order valence-electron chi connectivity index (χ0n) is 11.2. The summed E-state index contributed by atoms with van der Waals surface area (Å²) in [4.78, 5) is 16.0. The molecular weight excluding hydrogens is 244 g/mol. The second kappa shape index (κ2) is 6.49. The molecule has 1 saturated heterocycles. The van der Waals surface area contributed by atoms with Gasteiger partial charge in [-0.15, -0.1) is 0 Å². The van der Waals surface area contributed by atoms with Crippen LogP contribution < -0.4 is 0 Å². The number of aromatic nitrogens is 2. The zero-order chi connectivity index (χ0) is 13.7. The van der Waals surface area contributed by atoms with E-state index in [0.717, 1.165) is 18.8 Å². The standard InChI is InChI=1S/C13H20N4O2/c1-15-12(4-5-14-15)2-3-13(19)17-8-6-16(7-9-17)10-11-18/h2-5,18H,6-11H2,1H3/b3-2+. The molecule has 0 saturated carbocycles. The van der Waals surface area contributed by atoms with Crippen molar-refractivity contribution in [3.63, 3.8) is 0 Å². The van der Waals surface area contributed by atoms with Gasteiger partial charge in [-0.1, -0.05) is 0 Å². The molecule has 2 rings (SSSR count). The lowest BCUT2D eigenvalue weighted by atomic mass is 10.3. The molecule has 1 amide bonds. The third kappa shape index (κ3) is 3.65. The maximum absolute atomic E-state index is 12.0. The molecule has 0 aromatic carbocycles. The lowest BCUT2D eigenvalue weighted by Gasteiger charge is -2.33. The number of hydrogen-bond acceptors (Lipinski definition) is 4. The van der Waals surface area contributed by atoms with Crippen LogP contribution in [0.15, 0.2) is 18.3 Å². The van der Waals surface area contributed by atoms with Gasteiger partial charge in [0.2, 0.25) is 5.91 Å². The summed E-state index contributed by atoms with van der Waals surface area (Å²) in [6.07, 6.45) is 5.09. The second-order valence-electron chi connectivity index (χ2n) is 4.60. The number of aliphatic hydroxyl groups is 1. The van der Waals surface area contributed by atoms with Crippen LogP contribution in [0, 0.1) is 0 Å². The summed E-state index contributed by atoms with van der Waals surface area (Å²) < 4.78 is 1.73. The summed E-state index contributed by atoms with van der Waals surface area (Å²) >= 11 is 0. The van der Waals surface area contributed by atoms with Gasteiger partial charge < -0.3 is 10.0 Å². The number of β-amino-alcohol motifs (C(OH)–C–C–N with tert-alkyl or cyclic N) is 1. The van der Waals surface area contributed by atoms with Crippen LogP contribution in [0.25, 0.3) is 6.08 Å². The summed E-state index contributed by atoms with van der Waals surface area (Å²) in [7, 11) is 1.85. The molecule has 2 heterocycles. The van der Waals surface area contributed by atoms with Crippen LogP contribution in [0.1, 0.15) is 5.69 Å². The van der Waals surface area contributed by atoms with Crippen LogP contribution in [0.3, 0.4) is 0 Å². The third-order valence-electron chi connectivity index (χ3n) is 3.36. The second-order valence-corrected chi connectivity index (χ2v) is 4.60. The topological polar surface area (TPSA) is 61.6 Å². The minimum Gasteiger partial charge on any atom is -0.395 e. The van der Waals surface area contributed by atoms with E-state index in [-0.39, 0.29) is 12.5 Å². The van der Waals surface area contributed by atoms with Gasteiger partial charge in [0.25, 0.3) is 0 Å². The van der Waals surface area contributed by atoms with E-state index in [0.29, 0.717) is 19.6 Å². The lowest BCUT2D eigenvalue weighted by Crippen LogP contribution is -2.48. The van der Waals surface area contributed by atoms with Crippen molar-refractivity contribution < 1.29 is 9.90 Å². The molecule has 0 atom stereocenters. The van der Waals surface area contributed by atoms with E-state index < -0.39 is 0 Å². The van der Waals surface area contributed by atoms with Crippen molar-refractivity contribution in [2.75, 3.05) is 39.3 Å². The molecular formula is C13H20N4O2. The largest absolute Gasteiger partial charge is 0.395 e. The van der Waals surface area contributed by atoms with Crippen molar-refractivity contribution in [2.24, 2.45) is 7.05 Å². The van der Waals surface area contributed by atoms with Crippen LogP contribution in [0.4, 0.5) is 0 Å². The van der Waals surface area contributed by atoms with Gasteiger partial charge in [0.05, 0.1) is 12.3 Å². The lowest BCUT2D eigenvalue weighted by molar-refractivity contribution is -0.127. The van der Waals surface area contributed by atoms with E-state index in [2.05, 4.69) is 10.00 Å². The fraction of sp³-hybridized carbons (Fsp3) is 0.538. The first kappa shape index (κ1) is 13.8. The molecule has 104 valence electrons. The highest BCUT2D eigenvalue weighted by Gasteiger charge is 2.18. The molecule has 6 nitrogen and oxygen atoms in total. The maximum atomic E-state index is 12.0. The molecule has 1 aromatic heterocycles. The number of hydrogen-bond donors (Lipinski definition) is 1. The third-order valence-corrected chi connectivity index (χ3v) is 3.36. The first-order valence-electron chi connectivity index (χ1n) is 6.49. The number of carbonyl (C=O) groups excluding carboxylic acids is 1. The van der Waals surface area contributed by atoms with E-state index in [1.165, 1.54) is 0 Å². The molecule has 1 aromatic rings. The van der Waals surface area contributed by atoms with Gasteiger partial charge in [-0.3, -0.25) is 14.4 Å². The molecule has 1 aliphatic rings. The van der Waals surface area contributed by atoms with Gasteiger partial charge in [-0.05, 0) is 12.1 Å². The van der Waals surface area contributed by atoms with Crippen molar-refractivity contribution in [3.05, 3.63) is 24.0 Å². The molecule has 1 aliphatic heterocycles. The highest BCUT2D eigenvalue weighted by molar-refractivity contribution is 5.91. The summed E-state index contributed by atoms with van der Waals surface area (Å²) in [5.41, 5.74) is 0.910. The van der Waals surface area contributed by atoms with Crippen molar-refractivity contribution in [2.45, 2.75) is 0 Å². The Labute approximate surface area is 112 Å². The number of amides is 1. The van der Waals surface area contributed by atoms with Crippen molar-refractivity contribution in [1.82, 2.24) is 19.6 Å². The van der Waals surface area contributed by atoms with Crippen molar-refractivity contribution >= 4 is 12.0 Å². The highest BCUT2D eigenvalue weighted by atomic mass is 16.3. The molecule has 0 unspecified atom stereocenters. The Morgan fingerprint density at radius 2 is 2.16 bits per heavy atom. The van der Waals surface area contributed by atoms with Crippen molar-refractivity contribution in [3.8, 4) is 0 Å². The monoisotopic (exact) mass is 264 g/mol. The Kier molecular flexibility index (Phi) is 4.70. The van der Waals surface area contributed by atoms with Crippen LogP contribution in [-0.4, -0.2) is 69.9 Å². The summed E-state index contributed by atoms with van der Waals surface area (Å²) in [5, 5.41) is 12.9. The fourth-order valence-corrected chi connectivity index (χ4v) is 2.14. The summed E-state index contributed by atoms with van der Waals surface area (Å²) in [6, 6.07) is 1.86. The smallest absolute Gasteiger partial charge is 0.246 e. The molecule has 0 bridgehead atoms. The van der Waals surface area contributed by atoms with E-state index in [4.69, 9.17) is 5.11 Å². The van der Waals surface area contributed by atoms with Gasteiger partial charge in [0.1, 0.15) is 0 Å². The molecule has 0 aliphatic carbocycles. The first-order chi connectivity index (χ1) is 9.20. The molecule has 0 spiro atoms. The van der Waals surface area contributed by atoms with Crippen LogP contribution in [-0.2, 0) is 11.8 Å². The number of piperazine rings is 1.